The Labute approximate surface area is 185 Å². The van der Waals surface area contributed by atoms with Gasteiger partial charge in [-0.3, -0.25) is 9.69 Å². The van der Waals surface area contributed by atoms with Crippen LogP contribution in [0.3, 0.4) is 0 Å². The minimum absolute atomic E-state index is 0.0380. The Bertz CT molecular complexity index is 748. The van der Waals surface area contributed by atoms with Crippen LogP contribution < -0.4 is 5.32 Å². The van der Waals surface area contributed by atoms with Gasteiger partial charge in [-0.25, -0.2) is 0 Å². The zero-order valence-corrected chi connectivity index (χ0v) is 18.7. The number of halogens is 3. The van der Waals surface area contributed by atoms with E-state index in [0.29, 0.717) is 37.7 Å². The van der Waals surface area contributed by atoms with Gasteiger partial charge in [0.25, 0.3) is 5.91 Å². The van der Waals surface area contributed by atoms with Crippen molar-refractivity contribution in [1.29, 1.82) is 0 Å². The molecule has 174 valence electrons. The molecule has 2 fully saturated rings. The number of carbonyl (C=O) groups excluding carboxylic acids is 1. The van der Waals surface area contributed by atoms with Gasteiger partial charge in [-0.05, 0) is 30.9 Å². The van der Waals surface area contributed by atoms with E-state index < -0.39 is 11.7 Å². The molecule has 1 unspecified atom stereocenters. The standard InChI is InChI=1S/C21H30F3N3O3S/c1-29-14-18-13-26(7-8-30-18)5-3-17-12-25-4-6-27(17)20(28)15-9-16(21(22,23)24)11-19(10-15)31-2/h9-11,17-18,25H,3-8,12-14H2,1-2H3/t17?,18-/m0/s1. The number of hydrogen-bond donors (Lipinski definition) is 1. The summed E-state index contributed by atoms with van der Waals surface area (Å²) in [5, 5.41) is 3.30. The number of ether oxygens (including phenoxy) is 2. The van der Waals surface area contributed by atoms with E-state index in [9.17, 15) is 18.0 Å². The minimum Gasteiger partial charge on any atom is -0.382 e. The highest BCUT2D eigenvalue weighted by Gasteiger charge is 2.34. The zero-order valence-electron chi connectivity index (χ0n) is 17.9. The first-order valence-electron chi connectivity index (χ1n) is 10.4. The summed E-state index contributed by atoms with van der Waals surface area (Å²) in [6, 6.07) is 3.54. The molecule has 0 radical (unpaired) electrons. The van der Waals surface area contributed by atoms with E-state index in [1.54, 1.807) is 24.3 Å². The number of benzene rings is 1. The van der Waals surface area contributed by atoms with E-state index >= 15 is 0 Å². The molecule has 0 bridgehead atoms. The molecule has 0 aliphatic carbocycles. The molecule has 2 atom stereocenters. The number of nitrogens with zero attached hydrogens (tertiary/aromatic N) is 2. The summed E-state index contributed by atoms with van der Waals surface area (Å²) in [5.41, 5.74) is -0.690. The summed E-state index contributed by atoms with van der Waals surface area (Å²) in [6.07, 6.45) is -2.00. The topological polar surface area (TPSA) is 54.0 Å². The fourth-order valence-electron chi connectivity index (χ4n) is 4.06. The molecule has 6 nitrogen and oxygen atoms in total. The van der Waals surface area contributed by atoms with E-state index in [1.165, 1.54) is 11.8 Å². The van der Waals surface area contributed by atoms with E-state index in [4.69, 9.17) is 9.47 Å². The predicted molar refractivity (Wildman–Crippen MR) is 114 cm³/mol. The Kier molecular flexibility index (Phi) is 8.63. The highest BCUT2D eigenvalue weighted by atomic mass is 32.2. The molecular weight excluding hydrogens is 431 g/mol. The van der Waals surface area contributed by atoms with Gasteiger partial charge in [-0.1, -0.05) is 0 Å². The highest BCUT2D eigenvalue weighted by molar-refractivity contribution is 7.98. The molecule has 31 heavy (non-hydrogen) atoms. The lowest BCUT2D eigenvalue weighted by Crippen LogP contribution is -2.55. The Hall–Kier alpha value is -1.33. The first-order valence-corrected chi connectivity index (χ1v) is 11.6. The van der Waals surface area contributed by atoms with Gasteiger partial charge in [-0.2, -0.15) is 13.2 Å². The summed E-state index contributed by atoms with van der Waals surface area (Å²) in [7, 11) is 1.65. The van der Waals surface area contributed by atoms with Gasteiger partial charge in [0.05, 0.1) is 24.9 Å². The van der Waals surface area contributed by atoms with Gasteiger partial charge < -0.3 is 19.7 Å². The first kappa shape index (κ1) is 24.3. The fourth-order valence-corrected chi connectivity index (χ4v) is 4.55. The normalized spacial score (nSPS) is 23.2. The van der Waals surface area contributed by atoms with Crippen LogP contribution >= 0.6 is 11.8 Å². The number of rotatable bonds is 7. The second-order valence-corrected chi connectivity index (χ2v) is 8.72. The lowest BCUT2D eigenvalue weighted by molar-refractivity contribution is -0.137. The number of methoxy groups -OCH3 is 1. The number of alkyl halides is 3. The number of nitrogens with one attached hydrogen (secondary N) is 1. The summed E-state index contributed by atoms with van der Waals surface area (Å²) >= 11 is 1.20. The lowest BCUT2D eigenvalue weighted by atomic mass is 10.0. The van der Waals surface area contributed by atoms with Crippen molar-refractivity contribution < 1.29 is 27.4 Å². The molecule has 3 rings (SSSR count). The average molecular weight is 462 g/mol. The molecule has 0 spiro atoms. The van der Waals surface area contributed by atoms with Crippen LogP contribution in [-0.2, 0) is 15.7 Å². The molecule has 2 aliphatic heterocycles. The quantitative estimate of drug-likeness (QED) is 0.630. The number of hydrogen-bond acceptors (Lipinski definition) is 6. The minimum atomic E-state index is -4.49. The molecule has 2 aliphatic rings. The number of amides is 1. The van der Waals surface area contributed by atoms with E-state index in [0.717, 1.165) is 38.2 Å². The molecule has 2 heterocycles. The van der Waals surface area contributed by atoms with Gasteiger partial charge in [0.2, 0.25) is 0 Å². The van der Waals surface area contributed by atoms with Gasteiger partial charge in [-0.15, -0.1) is 11.8 Å². The maximum atomic E-state index is 13.3. The number of carbonyl (C=O) groups is 1. The second kappa shape index (κ2) is 11.0. The smallest absolute Gasteiger partial charge is 0.382 e. The van der Waals surface area contributed by atoms with Crippen molar-refractivity contribution >= 4 is 17.7 Å². The third-order valence-corrected chi connectivity index (χ3v) is 6.39. The van der Waals surface area contributed by atoms with Crippen LogP contribution in [0.15, 0.2) is 23.1 Å². The SMILES string of the molecule is COC[C@@H]1CN(CCC2CNCCN2C(=O)c2cc(SC)cc(C(F)(F)F)c2)CCO1. The lowest BCUT2D eigenvalue weighted by Gasteiger charge is -2.39. The summed E-state index contributed by atoms with van der Waals surface area (Å²) in [4.78, 5) is 17.7. The van der Waals surface area contributed by atoms with Crippen molar-refractivity contribution in [3.05, 3.63) is 29.3 Å². The van der Waals surface area contributed by atoms with Crippen LogP contribution in [0, 0.1) is 0 Å². The molecule has 2 saturated heterocycles. The zero-order chi connectivity index (χ0) is 22.4. The van der Waals surface area contributed by atoms with Crippen LogP contribution in [0.1, 0.15) is 22.3 Å². The van der Waals surface area contributed by atoms with Crippen molar-refractivity contribution in [1.82, 2.24) is 15.1 Å². The molecule has 1 aromatic carbocycles. The third kappa shape index (κ3) is 6.58. The van der Waals surface area contributed by atoms with Crippen LogP contribution in [0.4, 0.5) is 13.2 Å². The van der Waals surface area contributed by atoms with Crippen LogP contribution in [-0.4, -0.2) is 93.7 Å². The van der Waals surface area contributed by atoms with Crippen molar-refractivity contribution in [2.45, 2.75) is 29.6 Å². The molecule has 1 aromatic rings. The van der Waals surface area contributed by atoms with Crippen molar-refractivity contribution in [3.8, 4) is 0 Å². The largest absolute Gasteiger partial charge is 0.416 e. The monoisotopic (exact) mass is 461 g/mol. The molecule has 1 N–H and O–H groups in total. The Balaban J connectivity index is 1.69. The van der Waals surface area contributed by atoms with E-state index in [2.05, 4.69) is 10.2 Å². The number of morpholine rings is 1. The molecule has 0 saturated carbocycles. The first-order chi connectivity index (χ1) is 14.8. The Morgan fingerprint density at radius 1 is 1.32 bits per heavy atom. The number of thioether (sulfide) groups is 1. The average Bonchev–Trinajstić information content (AvgIpc) is 2.77. The van der Waals surface area contributed by atoms with Gasteiger partial charge >= 0.3 is 6.18 Å². The van der Waals surface area contributed by atoms with Crippen molar-refractivity contribution in [3.63, 3.8) is 0 Å². The third-order valence-electron chi connectivity index (χ3n) is 5.68. The van der Waals surface area contributed by atoms with Crippen LogP contribution in [0.25, 0.3) is 0 Å². The van der Waals surface area contributed by atoms with Crippen LogP contribution in [0.2, 0.25) is 0 Å². The van der Waals surface area contributed by atoms with Gasteiger partial charge in [0, 0.05) is 62.9 Å². The summed E-state index contributed by atoms with van der Waals surface area (Å²) < 4.78 is 50.8. The summed E-state index contributed by atoms with van der Waals surface area (Å²) in [5.74, 6) is -0.341. The van der Waals surface area contributed by atoms with Crippen LogP contribution in [0.5, 0.6) is 0 Å². The van der Waals surface area contributed by atoms with Gasteiger partial charge in [0.1, 0.15) is 0 Å². The predicted octanol–water partition coefficient (Wildman–Crippen LogP) is 2.58. The maximum Gasteiger partial charge on any atom is 0.416 e. The Morgan fingerprint density at radius 2 is 2.13 bits per heavy atom. The molecule has 10 heteroatoms. The van der Waals surface area contributed by atoms with Crippen molar-refractivity contribution in [2.24, 2.45) is 0 Å². The summed E-state index contributed by atoms with van der Waals surface area (Å²) in [6.45, 7) is 5.30. The number of piperazine rings is 1. The molecule has 0 aromatic heterocycles. The second-order valence-electron chi connectivity index (χ2n) is 7.84. The maximum absolute atomic E-state index is 13.3. The van der Waals surface area contributed by atoms with E-state index in [1.807, 2.05) is 0 Å². The van der Waals surface area contributed by atoms with E-state index in [-0.39, 0.29) is 23.6 Å². The van der Waals surface area contributed by atoms with Crippen molar-refractivity contribution in [2.75, 3.05) is 65.8 Å². The molecular formula is C21H30F3N3O3S. The van der Waals surface area contributed by atoms with Gasteiger partial charge in [0.15, 0.2) is 0 Å². The molecule has 1 amide bonds. The Morgan fingerprint density at radius 3 is 2.84 bits per heavy atom. The highest BCUT2D eigenvalue weighted by Crippen LogP contribution is 2.33. The fraction of sp³-hybridized carbons (Fsp3) is 0.667.